The Bertz CT molecular complexity index is 666. The number of hydrogen-bond donors (Lipinski definition) is 2. The first kappa shape index (κ1) is 16.1. The molecule has 0 aromatic carbocycles. The standard InChI is InChI=1S/C13H13BrN2O3S2/c1-7-11(13(18)19)12(21-16-7)15-10(17)4-2-3-8-5-6-9(14)20-8/h5-6H,2-4H2,1H3,(H,15,17)(H,18,19). The summed E-state index contributed by atoms with van der Waals surface area (Å²) in [5, 5.41) is 12.0. The molecule has 2 N–H and O–H groups in total. The van der Waals surface area contributed by atoms with E-state index < -0.39 is 5.97 Å². The number of rotatable bonds is 6. The molecule has 8 heteroatoms. The van der Waals surface area contributed by atoms with Crippen LogP contribution in [0.1, 0.15) is 33.8 Å². The number of nitrogens with one attached hydrogen (secondary N) is 1. The average molecular weight is 389 g/mol. The van der Waals surface area contributed by atoms with Crippen molar-refractivity contribution in [3.63, 3.8) is 0 Å². The summed E-state index contributed by atoms with van der Waals surface area (Å²) >= 11 is 6.05. The van der Waals surface area contributed by atoms with Crippen molar-refractivity contribution < 1.29 is 14.7 Å². The fourth-order valence-electron chi connectivity index (χ4n) is 1.81. The third-order valence-corrected chi connectivity index (χ3v) is 5.32. The Morgan fingerprint density at radius 3 is 2.81 bits per heavy atom. The monoisotopic (exact) mass is 388 g/mol. The largest absolute Gasteiger partial charge is 0.478 e. The predicted molar refractivity (Wildman–Crippen MR) is 87.4 cm³/mol. The van der Waals surface area contributed by atoms with Crippen LogP contribution in [0, 0.1) is 6.92 Å². The fourth-order valence-corrected chi connectivity index (χ4v) is 4.14. The molecule has 0 saturated carbocycles. The van der Waals surface area contributed by atoms with E-state index in [2.05, 4.69) is 25.6 Å². The number of thiophene rings is 1. The minimum absolute atomic E-state index is 0.0792. The number of halogens is 1. The number of carboxylic acids is 1. The van der Waals surface area contributed by atoms with Crippen LogP contribution in [-0.4, -0.2) is 21.4 Å². The first-order valence-electron chi connectivity index (χ1n) is 6.21. The molecule has 5 nitrogen and oxygen atoms in total. The van der Waals surface area contributed by atoms with E-state index in [-0.39, 0.29) is 11.5 Å². The highest BCUT2D eigenvalue weighted by molar-refractivity contribution is 9.11. The Labute approximate surface area is 138 Å². The van der Waals surface area contributed by atoms with Gasteiger partial charge in [-0.15, -0.1) is 11.3 Å². The van der Waals surface area contributed by atoms with E-state index in [0.29, 0.717) is 17.1 Å². The molecule has 0 aliphatic carbocycles. The number of nitrogens with zero attached hydrogens (tertiary/aromatic N) is 1. The second kappa shape index (κ2) is 7.15. The van der Waals surface area contributed by atoms with Crippen LogP contribution in [0.3, 0.4) is 0 Å². The molecule has 0 aliphatic heterocycles. The van der Waals surface area contributed by atoms with Gasteiger partial charge >= 0.3 is 5.97 Å². The molecule has 0 spiro atoms. The molecule has 2 rings (SSSR count). The third kappa shape index (κ3) is 4.36. The van der Waals surface area contributed by atoms with Crippen molar-refractivity contribution in [2.75, 3.05) is 5.32 Å². The number of amides is 1. The first-order valence-corrected chi connectivity index (χ1v) is 8.59. The van der Waals surface area contributed by atoms with Crippen LogP contribution in [0.5, 0.6) is 0 Å². The van der Waals surface area contributed by atoms with E-state index >= 15 is 0 Å². The number of aromatic carboxylic acids is 1. The van der Waals surface area contributed by atoms with Crippen molar-refractivity contribution in [2.45, 2.75) is 26.2 Å². The number of aromatic nitrogens is 1. The van der Waals surface area contributed by atoms with E-state index in [1.165, 1.54) is 4.88 Å². The van der Waals surface area contributed by atoms with Crippen LogP contribution in [0.2, 0.25) is 0 Å². The maximum Gasteiger partial charge on any atom is 0.340 e. The zero-order valence-electron chi connectivity index (χ0n) is 11.2. The smallest absolute Gasteiger partial charge is 0.340 e. The molecule has 0 fully saturated rings. The summed E-state index contributed by atoms with van der Waals surface area (Å²) in [6.07, 6.45) is 1.90. The highest BCUT2D eigenvalue weighted by Crippen LogP contribution is 2.25. The Morgan fingerprint density at radius 2 is 2.19 bits per heavy atom. The van der Waals surface area contributed by atoms with Crippen molar-refractivity contribution in [3.05, 3.63) is 32.1 Å². The van der Waals surface area contributed by atoms with Gasteiger partial charge in [-0.05, 0) is 59.4 Å². The van der Waals surface area contributed by atoms with Crippen LogP contribution in [0.25, 0.3) is 0 Å². The van der Waals surface area contributed by atoms with Gasteiger partial charge in [0.15, 0.2) is 0 Å². The number of carbonyl (C=O) groups is 2. The molecule has 0 aliphatic rings. The van der Waals surface area contributed by atoms with Crippen LogP contribution in [0.15, 0.2) is 15.9 Å². The molecule has 2 heterocycles. The van der Waals surface area contributed by atoms with Gasteiger partial charge in [0.1, 0.15) is 10.6 Å². The topological polar surface area (TPSA) is 79.3 Å². The summed E-state index contributed by atoms with van der Waals surface area (Å²) in [4.78, 5) is 24.2. The lowest BCUT2D eigenvalue weighted by molar-refractivity contribution is -0.116. The fraction of sp³-hybridized carbons (Fsp3) is 0.308. The van der Waals surface area contributed by atoms with Crippen LogP contribution >= 0.6 is 38.8 Å². The Balaban J connectivity index is 1.86. The molecule has 1 amide bonds. The Morgan fingerprint density at radius 1 is 1.43 bits per heavy atom. The maximum atomic E-state index is 11.9. The molecule has 112 valence electrons. The summed E-state index contributed by atoms with van der Waals surface area (Å²) in [5.74, 6) is -1.25. The molecule has 0 saturated heterocycles. The van der Waals surface area contributed by atoms with E-state index in [1.807, 2.05) is 12.1 Å². The molecule has 0 radical (unpaired) electrons. The molecule has 2 aromatic rings. The van der Waals surface area contributed by atoms with Gasteiger partial charge in [-0.1, -0.05) is 0 Å². The highest BCUT2D eigenvalue weighted by atomic mass is 79.9. The SMILES string of the molecule is Cc1nsc(NC(=O)CCCc2ccc(Br)s2)c1C(=O)O. The van der Waals surface area contributed by atoms with Gasteiger partial charge in [-0.2, -0.15) is 4.37 Å². The van der Waals surface area contributed by atoms with Crippen LogP contribution < -0.4 is 5.32 Å². The highest BCUT2D eigenvalue weighted by Gasteiger charge is 2.18. The maximum absolute atomic E-state index is 11.9. The minimum atomic E-state index is -1.07. The minimum Gasteiger partial charge on any atom is -0.478 e. The van der Waals surface area contributed by atoms with Gasteiger partial charge < -0.3 is 10.4 Å². The molecule has 2 aromatic heterocycles. The van der Waals surface area contributed by atoms with E-state index in [9.17, 15) is 9.59 Å². The van der Waals surface area contributed by atoms with Crippen LogP contribution in [0.4, 0.5) is 5.00 Å². The Hall–Kier alpha value is -1.25. The molecule has 0 atom stereocenters. The molecule has 21 heavy (non-hydrogen) atoms. The lowest BCUT2D eigenvalue weighted by Crippen LogP contribution is -2.13. The van der Waals surface area contributed by atoms with Gasteiger partial charge in [0.25, 0.3) is 0 Å². The number of carboxylic acid groups (broad SMARTS) is 1. The van der Waals surface area contributed by atoms with E-state index in [1.54, 1.807) is 18.3 Å². The molecular formula is C13H13BrN2O3S2. The lowest BCUT2D eigenvalue weighted by atomic mass is 10.2. The van der Waals surface area contributed by atoms with Gasteiger partial charge in [-0.25, -0.2) is 4.79 Å². The normalized spacial score (nSPS) is 10.6. The number of anilines is 1. The molecule has 0 unspecified atom stereocenters. The van der Waals surface area contributed by atoms with E-state index in [0.717, 1.165) is 28.2 Å². The second-order valence-corrected chi connectivity index (χ2v) is 7.71. The molecule has 0 bridgehead atoms. The summed E-state index contributed by atoms with van der Waals surface area (Å²) in [6.45, 7) is 1.62. The predicted octanol–water partition coefficient (Wildman–Crippen LogP) is 3.94. The van der Waals surface area contributed by atoms with Crippen molar-refractivity contribution in [3.8, 4) is 0 Å². The summed E-state index contributed by atoms with van der Waals surface area (Å²) in [7, 11) is 0. The van der Waals surface area contributed by atoms with Gasteiger partial charge in [0.05, 0.1) is 9.48 Å². The van der Waals surface area contributed by atoms with Gasteiger partial charge in [0.2, 0.25) is 5.91 Å². The van der Waals surface area contributed by atoms with E-state index in [4.69, 9.17) is 5.11 Å². The number of carbonyl (C=O) groups excluding carboxylic acids is 1. The average Bonchev–Trinajstić information content (AvgIpc) is 2.96. The number of hydrogen-bond acceptors (Lipinski definition) is 5. The van der Waals surface area contributed by atoms with Gasteiger partial charge in [-0.3, -0.25) is 4.79 Å². The molecular weight excluding hydrogens is 376 g/mol. The third-order valence-electron chi connectivity index (χ3n) is 2.79. The second-order valence-electron chi connectivity index (χ2n) is 4.38. The van der Waals surface area contributed by atoms with Crippen molar-refractivity contribution in [2.24, 2.45) is 0 Å². The number of aryl methyl sites for hydroxylation is 2. The zero-order chi connectivity index (χ0) is 15.4. The quantitative estimate of drug-likeness (QED) is 0.785. The van der Waals surface area contributed by atoms with Crippen molar-refractivity contribution in [1.29, 1.82) is 0 Å². The van der Waals surface area contributed by atoms with Gasteiger partial charge in [0, 0.05) is 11.3 Å². The first-order chi connectivity index (χ1) is 9.97. The summed E-state index contributed by atoms with van der Waals surface area (Å²) in [5.41, 5.74) is 0.502. The Kier molecular flexibility index (Phi) is 5.49. The summed E-state index contributed by atoms with van der Waals surface area (Å²) < 4.78 is 5.04. The summed E-state index contributed by atoms with van der Waals surface area (Å²) in [6, 6.07) is 4.01. The lowest BCUT2D eigenvalue weighted by Gasteiger charge is -2.03. The van der Waals surface area contributed by atoms with Crippen LogP contribution in [-0.2, 0) is 11.2 Å². The van der Waals surface area contributed by atoms with Crippen molar-refractivity contribution in [1.82, 2.24) is 4.37 Å². The van der Waals surface area contributed by atoms with Crippen molar-refractivity contribution >= 4 is 55.7 Å². The zero-order valence-corrected chi connectivity index (χ0v) is 14.4.